The Morgan fingerprint density at radius 2 is 1.73 bits per heavy atom. The molecule has 1 heterocycles. The molecule has 1 aliphatic heterocycles. The number of piperazine rings is 1. The highest BCUT2D eigenvalue weighted by Gasteiger charge is 2.22. The van der Waals surface area contributed by atoms with E-state index < -0.39 is 5.97 Å². The van der Waals surface area contributed by atoms with Gasteiger partial charge in [0.1, 0.15) is 11.5 Å². The number of ether oxygens (including phenoxy) is 3. The molecule has 1 fully saturated rings. The van der Waals surface area contributed by atoms with Gasteiger partial charge in [0.05, 0.1) is 11.6 Å². The highest BCUT2D eigenvalue weighted by atomic mass is 79.9. The monoisotopic (exact) mass is 496 g/mol. The second-order valence-electron chi connectivity index (χ2n) is 6.59. The van der Waals surface area contributed by atoms with Gasteiger partial charge >= 0.3 is 5.97 Å². The van der Waals surface area contributed by atoms with Crippen LogP contribution in [0.15, 0.2) is 46.9 Å². The highest BCUT2D eigenvalue weighted by Crippen LogP contribution is 2.28. The van der Waals surface area contributed by atoms with Crippen LogP contribution in [0.1, 0.15) is 0 Å². The van der Waals surface area contributed by atoms with Gasteiger partial charge < -0.3 is 24.0 Å². The molecule has 2 aromatic carbocycles. The Hall–Kier alpha value is -2.45. The predicted octanol–water partition coefficient (Wildman–Crippen LogP) is 3.38. The maximum atomic E-state index is 12.3. The van der Waals surface area contributed by atoms with Crippen molar-refractivity contribution in [2.75, 3.05) is 51.4 Å². The minimum absolute atomic E-state index is 0.217. The molecule has 0 aromatic heterocycles. The number of hydrogen-bond acceptors (Lipinski definition) is 6. The zero-order valence-corrected chi connectivity index (χ0v) is 18.8. The fraction of sp³-hybridized carbons (Fsp3) is 0.333. The minimum Gasteiger partial charge on any atom is -0.497 e. The van der Waals surface area contributed by atoms with Crippen LogP contribution in [-0.2, 0) is 14.3 Å². The third-order valence-electron chi connectivity index (χ3n) is 4.67. The first-order valence-corrected chi connectivity index (χ1v) is 10.5. The summed E-state index contributed by atoms with van der Waals surface area (Å²) in [7, 11) is 1.63. The number of carbonyl (C=O) groups is 2. The quantitative estimate of drug-likeness (QED) is 0.546. The average molecular weight is 498 g/mol. The Morgan fingerprint density at radius 1 is 1.03 bits per heavy atom. The van der Waals surface area contributed by atoms with E-state index in [1.165, 1.54) is 0 Å². The van der Waals surface area contributed by atoms with Crippen LogP contribution >= 0.6 is 27.5 Å². The largest absolute Gasteiger partial charge is 0.497 e. The van der Waals surface area contributed by atoms with E-state index in [1.54, 1.807) is 30.2 Å². The van der Waals surface area contributed by atoms with Gasteiger partial charge in [-0.15, -0.1) is 0 Å². The Morgan fingerprint density at radius 3 is 2.37 bits per heavy atom. The van der Waals surface area contributed by atoms with Crippen LogP contribution < -0.4 is 14.4 Å². The normalized spacial score (nSPS) is 13.7. The summed E-state index contributed by atoms with van der Waals surface area (Å²) < 4.78 is 16.3. The van der Waals surface area contributed by atoms with E-state index in [9.17, 15) is 9.59 Å². The first kappa shape index (κ1) is 22.2. The Kier molecular flexibility index (Phi) is 7.81. The summed E-state index contributed by atoms with van der Waals surface area (Å²) in [4.78, 5) is 28.1. The zero-order chi connectivity index (χ0) is 21.5. The Balaban J connectivity index is 1.39. The number of nitrogens with zero attached hydrogens (tertiary/aromatic N) is 2. The summed E-state index contributed by atoms with van der Waals surface area (Å²) in [6.07, 6.45) is 0. The summed E-state index contributed by atoms with van der Waals surface area (Å²) >= 11 is 9.17. The first-order chi connectivity index (χ1) is 14.5. The lowest BCUT2D eigenvalue weighted by molar-refractivity contribution is -0.153. The van der Waals surface area contributed by atoms with Crippen LogP contribution in [0.25, 0.3) is 0 Å². The molecule has 0 spiro atoms. The van der Waals surface area contributed by atoms with Crippen molar-refractivity contribution >= 4 is 45.1 Å². The van der Waals surface area contributed by atoms with E-state index in [0.29, 0.717) is 41.4 Å². The number of methoxy groups -OCH3 is 1. The van der Waals surface area contributed by atoms with Crippen molar-refractivity contribution in [2.45, 2.75) is 0 Å². The molecule has 1 amide bonds. The van der Waals surface area contributed by atoms with Gasteiger partial charge in [-0.05, 0) is 58.4 Å². The molecule has 1 saturated heterocycles. The third-order valence-corrected chi connectivity index (χ3v) is 5.52. The van der Waals surface area contributed by atoms with E-state index in [0.717, 1.165) is 11.4 Å². The van der Waals surface area contributed by atoms with E-state index in [-0.39, 0.29) is 19.1 Å². The molecule has 1 aliphatic rings. The van der Waals surface area contributed by atoms with Gasteiger partial charge in [0.25, 0.3) is 5.91 Å². The van der Waals surface area contributed by atoms with Crippen molar-refractivity contribution in [3.8, 4) is 11.5 Å². The van der Waals surface area contributed by atoms with Crippen molar-refractivity contribution in [1.82, 2.24) is 4.90 Å². The number of amides is 1. The van der Waals surface area contributed by atoms with Crippen molar-refractivity contribution in [3.63, 3.8) is 0 Å². The smallest absolute Gasteiger partial charge is 0.344 e. The molecule has 2 aromatic rings. The van der Waals surface area contributed by atoms with Crippen molar-refractivity contribution in [1.29, 1.82) is 0 Å². The third kappa shape index (κ3) is 6.03. The van der Waals surface area contributed by atoms with Gasteiger partial charge in [0.15, 0.2) is 13.2 Å². The molecular weight excluding hydrogens is 476 g/mol. The van der Waals surface area contributed by atoms with Gasteiger partial charge in [0.2, 0.25) is 0 Å². The fourth-order valence-corrected chi connectivity index (χ4v) is 3.81. The van der Waals surface area contributed by atoms with Crippen molar-refractivity contribution in [2.24, 2.45) is 0 Å². The Bertz CT molecular complexity index is 885. The molecule has 0 atom stereocenters. The van der Waals surface area contributed by atoms with Crippen LogP contribution in [0.5, 0.6) is 11.5 Å². The number of carbonyl (C=O) groups excluding carboxylic acids is 2. The molecule has 9 heteroatoms. The van der Waals surface area contributed by atoms with Gasteiger partial charge in [-0.25, -0.2) is 4.79 Å². The average Bonchev–Trinajstić information content (AvgIpc) is 2.77. The minimum atomic E-state index is -0.609. The molecule has 0 N–H and O–H groups in total. The molecule has 7 nitrogen and oxygen atoms in total. The van der Waals surface area contributed by atoms with Crippen LogP contribution in [0.4, 0.5) is 5.69 Å². The summed E-state index contributed by atoms with van der Waals surface area (Å²) in [5.41, 5.74) is 1.08. The second-order valence-corrected chi connectivity index (χ2v) is 7.88. The molecule has 0 radical (unpaired) electrons. The number of rotatable bonds is 7. The lowest BCUT2D eigenvalue weighted by Gasteiger charge is -2.36. The summed E-state index contributed by atoms with van der Waals surface area (Å²) in [6, 6.07) is 12.8. The molecule has 0 unspecified atom stereocenters. The summed E-state index contributed by atoms with van der Waals surface area (Å²) in [6.45, 7) is 1.96. The Labute approximate surface area is 188 Å². The number of hydrogen-bond donors (Lipinski definition) is 0. The molecule has 0 aliphatic carbocycles. The molecule has 0 saturated carbocycles. The van der Waals surface area contributed by atoms with Gasteiger partial charge in [-0.2, -0.15) is 0 Å². The van der Waals surface area contributed by atoms with Crippen molar-refractivity contribution < 1.29 is 23.8 Å². The topological polar surface area (TPSA) is 68.3 Å². The molecular formula is C21H22BrClN2O5. The number of halogens is 2. The zero-order valence-electron chi connectivity index (χ0n) is 16.5. The van der Waals surface area contributed by atoms with E-state index in [2.05, 4.69) is 20.8 Å². The van der Waals surface area contributed by atoms with Gasteiger partial charge in [-0.3, -0.25) is 4.79 Å². The van der Waals surface area contributed by atoms with E-state index >= 15 is 0 Å². The second kappa shape index (κ2) is 10.5. The number of benzene rings is 2. The summed E-state index contributed by atoms with van der Waals surface area (Å²) in [5, 5.41) is 0.550. The number of anilines is 1. The van der Waals surface area contributed by atoms with Gasteiger partial charge in [-0.1, -0.05) is 11.6 Å². The van der Waals surface area contributed by atoms with Crippen LogP contribution in [0.2, 0.25) is 5.02 Å². The number of esters is 1. The SMILES string of the molecule is COc1ccc(N2CCN(C(=O)COC(=O)COc3ccc(Cl)cc3Br)CC2)cc1. The maximum Gasteiger partial charge on any atom is 0.344 e. The standard InChI is InChI=1S/C21H22BrClN2O5/c1-28-17-5-3-16(4-6-17)24-8-10-25(11-9-24)20(26)13-30-21(27)14-29-19-7-2-15(23)12-18(19)22/h2-7,12H,8-11,13-14H2,1H3. The van der Waals surface area contributed by atoms with E-state index in [1.807, 2.05) is 24.3 Å². The lowest BCUT2D eigenvalue weighted by atomic mass is 10.2. The highest BCUT2D eigenvalue weighted by molar-refractivity contribution is 9.10. The fourth-order valence-electron chi connectivity index (χ4n) is 3.01. The van der Waals surface area contributed by atoms with Gasteiger partial charge in [0, 0.05) is 36.9 Å². The van der Waals surface area contributed by atoms with Crippen molar-refractivity contribution in [3.05, 3.63) is 52.0 Å². The lowest BCUT2D eigenvalue weighted by Crippen LogP contribution is -2.50. The maximum absolute atomic E-state index is 12.3. The van der Waals surface area contributed by atoms with Crippen LogP contribution in [-0.4, -0.2) is 63.3 Å². The van der Waals surface area contributed by atoms with E-state index in [4.69, 9.17) is 25.8 Å². The van der Waals surface area contributed by atoms with Crippen LogP contribution in [0.3, 0.4) is 0 Å². The first-order valence-electron chi connectivity index (χ1n) is 9.36. The predicted molar refractivity (Wildman–Crippen MR) is 117 cm³/mol. The molecule has 160 valence electrons. The molecule has 3 rings (SSSR count). The molecule has 30 heavy (non-hydrogen) atoms. The summed E-state index contributed by atoms with van der Waals surface area (Å²) in [5.74, 6) is 0.451. The van der Waals surface area contributed by atoms with Crippen LogP contribution in [0, 0.1) is 0 Å². The molecule has 0 bridgehead atoms.